The summed E-state index contributed by atoms with van der Waals surface area (Å²) in [6.45, 7) is 30.4. The summed E-state index contributed by atoms with van der Waals surface area (Å²) in [4.78, 5) is 0. The molecule has 7 aromatic carbocycles. The first-order valence-electron chi connectivity index (χ1n) is 28.0. The summed E-state index contributed by atoms with van der Waals surface area (Å²) >= 11 is 0. The van der Waals surface area contributed by atoms with Gasteiger partial charge in [-0.1, -0.05) is 240 Å². The Balaban J connectivity index is 1.11. The largest absolute Gasteiger partial charge is 0.490 e. The third-order valence-electron chi connectivity index (χ3n) is 14.3. The Kier molecular flexibility index (Phi) is 21.3. The minimum Gasteiger partial charge on any atom is -0.490 e. The molecule has 74 heavy (non-hydrogen) atoms. The summed E-state index contributed by atoms with van der Waals surface area (Å²) in [6.07, 6.45) is 18.5. The van der Waals surface area contributed by atoms with E-state index in [0.29, 0.717) is 26.4 Å². The maximum absolute atomic E-state index is 6.38. The quantitative estimate of drug-likeness (QED) is 0.0311. The summed E-state index contributed by atoms with van der Waals surface area (Å²) in [6, 6.07) is 47.2. The van der Waals surface area contributed by atoms with Crippen molar-refractivity contribution in [2.75, 3.05) is 26.4 Å². The highest BCUT2D eigenvalue weighted by atomic mass is 16.5. The van der Waals surface area contributed by atoms with E-state index >= 15 is 0 Å². The van der Waals surface area contributed by atoms with Crippen LogP contribution in [0.4, 0.5) is 0 Å². The molecule has 0 aliphatic rings. The van der Waals surface area contributed by atoms with Crippen LogP contribution in [0.25, 0.3) is 43.8 Å². The molecule has 0 radical (unpaired) electrons. The van der Waals surface area contributed by atoms with Crippen LogP contribution >= 0.6 is 0 Å². The summed E-state index contributed by atoms with van der Waals surface area (Å²) < 4.78 is 25.3. The van der Waals surface area contributed by atoms with Crippen LogP contribution in [0.15, 0.2) is 160 Å². The van der Waals surface area contributed by atoms with Gasteiger partial charge in [-0.25, -0.2) is 0 Å². The van der Waals surface area contributed by atoms with E-state index in [9.17, 15) is 0 Å². The molecule has 7 aromatic rings. The fourth-order valence-electron chi connectivity index (χ4n) is 9.85. The molecular weight excluding hydrogens is 905 g/mol. The van der Waals surface area contributed by atoms with Crippen LogP contribution in [0.1, 0.15) is 175 Å². The number of rotatable bonds is 32. The van der Waals surface area contributed by atoms with Crippen molar-refractivity contribution in [3.05, 3.63) is 204 Å². The van der Waals surface area contributed by atoms with E-state index in [1.807, 2.05) is 12.1 Å². The first-order valence-corrected chi connectivity index (χ1v) is 28.0. The number of benzene rings is 7. The monoisotopic (exact) mass is 987 g/mol. The topological polar surface area (TPSA) is 36.9 Å². The summed E-state index contributed by atoms with van der Waals surface area (Å²) in [5.41, 5.74) is 12.3. The molecule has 7 rings (SSSR count). The van der Waals surface area contributed by atoms with Gasteiger partial charge in [0.05, 0.1) is 26.4 Å². The van der Waals surface area contributed by atoms with Gasteiger partial charge in [0.25, 0.3) is 0 Å². The van der Waals surface area contributed by atoms with Crippen molar-refractivity contribution in [3.63, 3.8) is 0 Å². The molecule has 0 spiro atoms. The average molecular weight is 987 g/mol. The van der Waals surface area contributed by atoms with Crippen LogP contribution < -0.4 is 18.9 Å². The van der Waals surface area contributed by atoms with Crippen LogP contribution in [0.5, 0.6) is 23.0 Å². The van der Waals surface area contributed by atoms with Gasteiger partial charge in [-0.3, -0.25) is 0 Å². The molecule has 4 nitrogen and oxygen atoms in total. The standard InChI is InChI=1S/C70H82O4/c1-9-13-17-25-45-71-65-43-41-59(49-67(65)73-47-27-19-15-11-3)51(5)55-33-37-57(38-34-55)53(7)69-61-29-21-23-31-63(61)70(64-32-24-22-30-62(64)69)54(8)58-39-35-56(36-40-58)52(6)60-42-44-66(72-46-26-18-14-10-2)68(50-60)74-48-28-20-16-12-4/h21-24,29-44,49-50H,5-20,25-28,45-48H2,1-4H3. The van der Waals surface area contributed by atoms with Crippen molar-refractivity contribution in [2.24, 2.45) is 0 Å². The number of ether oxygens (including phenoxy) is 4. The van der Waals surface area contributed by atoms with Gasteiger partial charge in [0.15, 0.2) is 23.0 Å². The van der Waals surface area contributed by atoms with Crippen LogP contribution in [0, 0.1) is 0 Å². The van der Waals surface area contributed by atoms with E-state index in [1.165, 1.54) is 64.2 Å². The van der Waals surface area contributed by atoms with E-state index in [2.05, 4.69) is 162 Å². The molecular formula is C70H82O4. The summed E-state index contributed by atoms with van der Waals surface area (Å²) in [5.74, 6) is 3.19. The number of unbranched alkanes of at least 4 members (excludes halogenated alkanes) is 12. The lowest BCUT2D eigenvalue weighted by molar-refractivity contribution is 0.259. The zero-order chi connectivity index (χ0) is 52.1. The molecule has 0 aromatic heterocycles. The van der Waals surface area contributed by atoms with Crippen molar-refractivity contribution in [3.8, 4) is 23.0 Å². The van der Waals surface area contributed by atoms with Crippen molar-refractivity contribution in [2.45, 2.75) is 130 Å². The van der Waals surface area contributed by atoms with Gasteiger partial charge in [-0.05, 0) is 138 Å². The first-order chi connectivity index (χ1) is 36.3. The molecule has 0 bridgehead atoms. The summed E-state index contributed by atoms with van der Waals surface area (Å²) in [5, 5.41) is 4.55. The van der Waals surface area contributed by atoms with E-state index in [-0.39, 0.29) is 0 Å². The zero-order valence-electron chi connectivity index (χ0n) is 45.3. The normalized spacial score (nSPS) is 11.2. The highest BCUT2D eigenvalue weighted by Gasteiger charge is 2.20. The predicted molar refractivity (Wildman–Crippen MR) is 318 cm³/mol. The van der Waals surface area contributed by atoms with Crippen LogP contribution in [0.2, 0.25) is 0 Å². The van der Waals surface area contributed by atoms with Gasteiger partial charge in [0, 0.05) is 0 Å². The SMILES string of the molecule is C=C(c1ccc(C(=C)c2c3ccccc3c(C(=C)c3ccc(C(=C)c4ccc(OCCCCCC)c(OCCCCCC)c4)cc3)c3ccccc23)cc1)c1ccc(OCCCCCC)c(OCCCCCC)c1. The molecule has 0 aliphatic carbocycles. The molecule has 0 amide bonds. The highest BCUT2D eigenvalue weighted by molar-refractivity contribution is 6.18. The van der Waals surface area contributed by atoms with Crippen molar-refractivity contribution >= 4 is 43.8 Å². The zero-order valence-corrected chi connectivity index (χ0v) is 45.3. The number of hydrogen-bond acceptors (Lipinski definition) is 4. The minimum absolute atomic E-state index is 0.671. The number of fused-ring (bicyclic) bond motifs is 2. The van der Waals surface area contributed by atoms with Gasteiger partial charge in [0.2, 0.25) is 0 Å². The van der Waals surface area contributed by atoms with Crippen LogP contribution in [0.3, 0.4) is 0 Å². The van der Waals surface area contributed by atoms with Gasteiger partial charge in [-0.2, -0.15) is 0 Å². The molecule has 0 saturated heterocycles. The molecule has 0 N–H and O–H groups in total. The Bertz CT molecular complexity index is 2700. The molecule has 0 heterocycles. The average Bonchev–Trinajstić information content (AvgIpc) is 3.44. The molecule has 0 fully saturated rings. The lowest BCUT2D eigenvalue weighted by Crippen LogP contribution is -2.03. The molecule has 0 atom stereocenters. The predicted octanol–water partition coefficient (Wildman–Crippen LogP) is 20.1. The van der Waals surface area contributed by atoms with Crippen molar-refractivity contribution in [1.29, 1.82) is 0 Å². The Morgan fingerprint density at radius 2 is 0.541 bits per heavy atom. The molecule has 0 unspecified atom stereocenters. The Morgan fingerprint density at radius 1 is 0.284 bits per heavy atom. The molecule has 386 valence electrons. The highest BCUT2D eigenvalue weighted by Crippen LogP contribution is 2.43. The fraction of sp³-hybridized carbons (Fsp3) is 0.343. The fourth-order valence-corrected chi connectivity index (χ4v) is 9.85. The van der Waals surface area contributed by atoms with E-state index < -0.39 is 0 Å². The van der Waals surface area contributed by atoms with Gasteiger partial charge in [0.1, 0.15) is 0 Å². The van der Waals surface area contributed by atoms with Crippen LogP contribution in [-0.2, 0) is 0 Å². The second-order valence-corrected chi connectivity index (χ2v) is 19.9. The maximum atomic E-state index is 6.38. The van der Waals surface area contributed by atoms with Gasteiger partial charge >= 0.3 is 0 Å². The maximum Gasteiger partial charge on any atom is 0.161 e. The van der Waals surface area contributed by atoms with Crippen molar-refractivity contribution < 1.29 is 18.9 Å². The Labute approximate surface area is 444 Å². The molecule has 0 saturated carbocycles. The second-order valence-electron chi connectivity index (χ2n) is 19.9. The van der Waals surface area contributed by atoms with E-state index in [1.54, 1.807) is 0 Å². The van der Waals surface area contributed by atoms with Gasteiger partial charge in [-0.15, -0.1) is 0 Å². The second kappa shape index (κ2) is 28.6. The molecule has 4 heteroatoms. The van der Waals surface area contributed by atoms with E-state index in [4.69, 9.17) is 32.1 Å². The lowest BCUT2D eigenvalue weighted by atomic mass is 9.83. The Hall–Kier alpha value is -6.78. The third-order valence-corrected chi connectivity index (χ3v) is 14.3. The first kappa shape index (κ1) is 55.0. The lowest BCUT2D eigenvalue weighted by Gasteiger charge is -2.20. The van der Waals surface area contributed by atoms with Crippen LogP contribution in [-0.4, -0.2) is 26.4 Å². The van der Waals surface area contributed by atoms with E-state index in [0.717, 1.165) is 150 Å². The third kappa shape index (κ3) is 14.3. The summed E-state index contributed by atoms with van der Waals surface area (Å²) in [7, 11) is 0. The molecule has 0 aliphatic heterocycles. The number of hydrogen-bond donors (Lipinski definition) is 0. The smallest absolute Gasteiger partial charge is 0.161 e. The van der Waals surface area contributed by atoms with Gasteiger partial charge < -0.3 is 18.9 Å². The minimum atomic E-state index is 0.671. The van der Waals surface area contributed by atoms with Crippen molar-refractivity contribution in [1.82, 2.24) is 0 Å². The Morgan fingerprint density at radius 3 is 0.824 bits per heavy atom.